The monoisotopic (exact) mass is 714 g/mol. The molecule has 0 amide bonds. The van der Waals surface area contributed by atoms with E-state index in [2.05, 4.69) is 27.3 Å². The fraction of sp³-hybridized carbons (Fsp3) is 0. The molecule has 0 aliphatic heterocycles. The molecule has 0 atom stereocenters. The number of benzene rings is 7. The molecule has 0 unspecified atom stereocenters. The second-order valence-electron chi connectivity index (χ2n) is 13.4. The quantitative estimate of drug-likeness (QED) is 0.175. The van der Waals surface area contributed by atoms with E-state index < -0.39 is 0 Å². The first-order chi connectivity index (χ1) is 27.6. The minimum Gasteiger partial charge on any atom is -0.308 e. The topological polar surface area (TPSA) is 120 Å². The third-order valence-corrected chi connectivity index (χ3v) is 10.2. The Hall–Kier alpha value is -8.38. The predicted molar refractivity (Wildman–Crippen MR) is 219 cm³/mol. The van der Waals surface area contributed by atoms with E-state index in [1.807, 2.05) is 158 Å². The Morgan fingerprint density at radius 2 is 0.750 bits per heavy atom. The molecule has 0 bridgehead atoms. The normalized spacial score (nSPS) is 11.2. The van der Waals surface area contributed by atoms with Crippen LogP contribution in [0, 0.1) is 34.0 Å². The van der Waals surface area contributed by atoms with Crippen molar-refractivity contribution >= 4 is 43.6 Å². The van der Waals surface area contributed by atoms with E-state index in [-0.39, 0.29) is 0 Å². The molecule has 7 aromatic carbocycles. The summed E-state index contributed by atoms with van der Waals surface area (Å²) in [6, 6.07) is 58.0. The summed E-state index contributed by atoms with van der Waals surface area (Å²) < 4.78 is 4.28. The van der Waals surface area contributed by atoms with Crippen molar-refractivity contribution in [3.8, 4) is 63.7 Å². The van der Waals surface area contributed by atoms with Gasteiger partial charge in [-0.1, -0.05) is 97.1 Å². The van der Waals surface area contributed by atoms with Crippen LogP contribution in [0.1, 0.15) is 16.7 Å². The number of nitriles is 3. The maximum Gasteiger partial charge on any atom is 0.168 e. The van der Waals surface area contributed by atoms with Crippen LogP contribution in [0.25, 0.3) is 89.2 Å². The molecule has 10 rings (SSSR count). The maximum absolute atomic E-state index is 10.7. The molecule has 0 radical (unpaired) electrons. The molecule has 3 heterocycles. The highest BCUT2D eigenvalue weighted by molar-refractivity contribution is 6.12. The summed E-state index contributed by atoms with van der Waals surface area (Å²) in [5.74, 6) is 1.40. The lowest BCUT2D eigenvalue weighted by Crippen LogP contribution is -2.08. The van der Waals surface area contributed by atoms with E-state index in [9.17, 15) is 15.8 Å². The first-order valence-corrected chi connectivity index (χ1v) is 18.0. The second kappa shape index (κ2) is 12.9. The third kappa shape index (κ3) is 5.09. The van der Waals surface area contributed by atoms with Crippen LogP contribution in [0.3, 0.4) is 0 Å². The van der Waals surface area contributed by atoms with Crippen molar-refractivity contribution in [1.29, 1.82) is 15.8 Å². The molecule has 0 aliphatic carbocycles. The van der Waals surface area contributed by atoms with Crippen LogP contribution in [0.2, 0.25) is 0 Å². The van der Waals surface area contributed by atoms with Crippen LogP contribution in [-0.2, 0) is 0 Å². The van der Waals surface area contributed by atoms with Crippen LogP contribution in [0.5, 0.6) is 0 Å². The van der Waals surface area contributed by atoms with Gasteiger partial charge >= 0.3 is 0 Å². The molecular weight excluding hydrogens is 689 g/mol. The maximum atomic E-state index is 10.7. The van der Waals surface area contributed by atoms with Crippen LogP contribution >= 0.6 is 0 Å². The first-order valence-electron chi connectivity index (χ1n) is 18.0. The lowest BCUT2D eigenvalue weighted by atomic mass is 10.0. The molecule has 56 heavy (non-hydrogen) atoms. The van der Waals surface area contributed by atoms with E-state index in [4.69, 9.17) is 15.0 Å². The van der Waals surface area contributed by atoms with Gasteiger partial charge in [-0.15, -0.1) is 0 Å². The highest BCUT2D eigenvalue weighted by Crippen LogP contribution is 2.42. The summed E-state index contributed by atoms with van der Waals surface area (Å²) >= 11 is 0. The van der Waals surface area contributed by atoms with Crippen LogP contribution in [0.15, 0.2) is 158 Å². The molecule has 258 valence electrons. The number of nitrogens with zero attached hydrogens (tertiary/aromatic N) is 8. The van der Waals surface area contributed by atoms with Gasteiger partial charge in [0.2, 0.25) is 0 Å². The first kappa shape index (κ1) is 32.3. The number of aromatic nitrogens is 5. The van der Waals surface area contributed by atoms with Crippen molar-refractivity contribution in [2.45, 2.75) is 0 Å². The largest absolute Gasteiger partial charge is 0.308 e. The predicted octanol–water partition coefficient (Wildman–Crippen LogP) is 10.7. The second-order valence-corrected chi connectivity index (χ2v) is 13.4. The van der Waals surface area contributed by atoms with E-state index >= 15 is 0 Å². The van der Waals surface area contributed by atoms with Gasteiger partial charge in [0.25, 0.3) is 0 Å². The van der Waals surface area contributed by atoms with Crippen LogP contribution in [0.4, 0.5) is 0 Å². The average molecular weight is 715 g/mol. The molecule has 8 heteroatoms. The SMILES string of the molecule is N#Cc1cc(-n2c3ccccc3c3cc(C#N)ccc32)c(-c2nc(-c3ccccc3)nc(-c3ccccc3)n2)c(-n2c3ccccc3c3cc(C#N)ccc32)c1. The molecule has 8 nitrogen and oxygen atoms in total. The van der Waals surface area contributed by atoms with Gasteiger partial charge in [-0.2, -0.15) is 15.8 Å². The van der Waals surface area contributed by atoms with Gasteiger partial charge in [0.1, 0.15) is 0 Å². The Balaban J connectivity index is 1.42. The lowest BCUT2D eigenvalue weighted by Gasteiger charge is -2.20. The Labute approximate surface area is 320 Å². The molecule has 0 spiro atoms. The van der Waals surface area contributed by atoms with E-state index in [0.29, 0.717) is 51.1 Å². The zero-order chi connectivity index (χ0) is 37.8. The lowest BCUT2D eigenvalue weighted by molar-refractivity contribution is 1.05. The van der Waals surface area contributed by atoms with Gasteiger partial charge in [0.15, 0.2) is 17.5 Å². The zero-order valence-electron chi connectivity index (χ0n) is 29.6. The molecule has 0 saturated carbocycles. The molecule has 3 aromatic heterocycles. The summed E-state index contributed by atoms with van der Waals surface area (Å²) in [6.07, 6.45) is 0. The Morgan fingerprint density at radius 3 is 1.20 bits per heavy atom. The molecule has 0 fully saturated rings. The number of rotatable bonds is 5. The van der Waals surface area contributed by atoms with Gasteiger partial charge < -0.3 is 9.13 Å². The van der Waals surface area contributed by atoms with Crippen molar-refractivity contribution in [2.24, 2.45) is 0 Å². The molecule has 0 saturated heterocycles. The molecule has 0 N–H and O–H groups in total. The summed E-state index contributed by atoms with van der Waals surface area (Å²) in [4.78, 5) is 15.5. The average Bonchev–Trinajstić information content (AvgIpc) is 3.78. The summed E-state index contributed by atoms with van der Waals surface area (Å²) in [7, 11) is 0. The van der Waals surface area contributed by atoms with Crippen molar-refractivity contribution < 1.29 is 0 Å². The minimum atomic E-state index is 0.409. The zero-order valence-corrected chi connectivity index (χ0v) is 29.6. The van der Waals surface area contributed by atoms with E-state index in [1.165, 1.54) is 0 Å². The Kier molecular flexibility index (Phi) is 7.46. The van der Waals surface area contributed by atoms with E-state index in [1.54, 1.807) is 0 Å². The molecular formula is C48H26N8. The van der Waals surface area contributed by atoms with Crippen LogP contribution in [-0.4, -0.2) is 24.1 Å². The fourth-order valence-corrected chi connectivity index (χ4v) is 7.78. The number of hydrogen-bond donors (Lipinski definition) is 0. The number of hydrogen-bond acceptors (Lipinski definition) is 6. The highest BCUT2D eigenvalue weighted by atomic mass is 15.1. The van der Waals surface area contributed by atoms with E-state index in [0.717, 1.165) is 54.7 Å². The standard InChI is InChI=1S/C48H26N8/c49-27-30-19-21-41-37(23-30)35-15-7-9-17-39(35)55(41)43-25-32(29-51)26-44(56-40-18-10-8-16-36(40)38-24-31(28-50)20-22-42(38)56)45(43)48-53-46(33-11-3-1-4-12-33)52-47(54-48)34-13-5-2-6-14-34/h1-26H. The summed E-state index contributed by atoms with van der Waals surface area (Å²) in [5.41, 5.74) is 8.69. The van der Waals surface area contributed by atoms with Gasteiger partial charge in [-0.3, -0.25) is 0 Å². The fourth-order valence-electron chi connectivity index (χ4n) is 7.78. The van der Waals surface area contributed by atoms with Crippen molar-refractivity contribution in [1.82, 2.24) is 24.1 Å². The van der Waals surface area contributed by atoms with Crippen molar-refractivity contribution in [2.75, 3.05) is 0 Å². The van der Waals surface area contributed by atoms with Crippen molar-refractivity contribution in [3.63, 3.8) is 0 Å². The highest BCUT2D eigenvalue weighted by Gasteiger charge is 2.26. The smallest absolute Gasteiger partial charge is 0.168 e. The van der Waals surface area contributed by atoms with Gasteiger partial charge in [-0.05, 0) is 60.7 Å². The number of fused-ring (bicyclic) bond motifs is 6. The molecule has 0 aliphatic rings. The van der Waals surface area contributed by atoms with Gasteiger partial charge in [-0.25, -0.2) is 15.0 Å². The Bertz CT molecular complexity index is 3130. The summed E-state index contributed by atoms with van der Waals surface area (Å²) in [5, 5.41) is 34.3. The summed E-state index contributed by atoms with van der Waals surface area (Å²) in [6.45, 7) is 0. The van der Waals surface area contributed by atoms with Gasteiger partial charge in [0.05, 0.1) is 73.9 Å². The number of para-hydroxylation sites is 2. The third-order valence-electron chi connectivity index (χ3n) is 10.2. The molecule has 10 aromatic rings. The van der Waals surface area contributed by atoms with Crippen molar-refractivity contribution in [3.05, 3.63) is 174 Å². The minimum absolute atomic E-state index is 0.409. The van der Waals surface area contributed by atoms with Gasteiger partial charge in [0, 0.05) is 32.7 Å². The van der Waals surface area contributed by atoms with Crippen LogP contribution < -0.4 is 0 Å². The Morgan fingerprint density at radius 1 is 0.357 bits per heavy atom.